The van der Waals surface area contributed by atoms with E-state index in [1.165, 1.54) is 6.07 Å². The summed E-state index contributed by atoms with van der Waals surface area (Å²) in [5.74, 6) is -0.0550. The monoisotopic (exact) mass is 223 g/mol. The van der Waals surface area contributed by atoms with Gasteiger partial charge < -0.3 is 4.90 Å². The van der Waals surface area contributed by atoms with E-state index in [1.54, 1.807) is 31.0 Å². The predicted molar refractivity (Wildman–Crippen MR) is 62.9 cm³/mol. The first-order valence-corrected chi connectivity index (χ1v) is 5.43. The van der Waals surface area contributed by atoms with Crippen LogP contribution >= 0.6 is 0 Å². The maximum absolute atomic E-state index is 13.3. The molecular weight excluding hydrogens is 205 g/mol. The molecule has 0 saturated heterocycles. The Labute approximate surface area is 96.1 Å². The van der Waals surface area contributed by atoms with Crippen molar-refractivity contribution in [1.82, 2.24) is 4.90 Å². The van der Waals surface area contributed by atoms with Gasteiger partial charge in [0.25, 0.3) is 5.91 Å². The first-order chi connectivity index (χ1) is 7.41. The van der Waals surface area contributed by atoms with Crippen LogP contribution in [0.1, 0.15) is 29.8 Å². The topological polar surface area (TPSA) is 20.3 Å². The van der Waals surface area contributed by atoms with Gasteiger partial charge in [-0.15, -0.1) is 0 Å². The molecule has 88 valence electrons. The Kier molecular flexibility index (Phi) is 4.05. The van der Waals surface area contributed by atoms with Crippen LogP contribution in [0.25, 0.3) is 0 Å². The van der Waals surface area contributed by atoms with Crippen molar-refractivity contribution in [2.75, 3.05) is 13.6 Å². The number of nitrogens with zero attached hydrogens (tertiary/aromatic N) is 1. The van der Waals surface area contributed by atoms with E-state index < -0.39 is 0 Å². The van der Waals surface area contributed by atoms with Crippen molar-refractivity contribution in [2.24, 2.45) is 5.92 Å². The fraction of sp³-hybridized carbons (Fsp3) is 0.462. The Morgan fingerprint density at radius 3 is 2.56 bits per heavy atom. The van der Waals surface area contributed by atoms with Gasteiger partial charge in [0.1, 0.15) is 5.82 Å². The van der Waals surface area contributed by atoms with E-state index in [2.05, 4.69) is 0 Å². The summed E-state index contributed by atoms with van der Waals surface area (Å²) >= 11 is 0. The number of benzene rings is 1. The standard InChI is InChI=1S/C13H18FNO/c1-9(2)8-15(4)13(16)11-6-5-10(3)12(14)7-11/h5-7,9H,8H2,1-4H3. The number of aryl methyl sites for hydroxylation is 1. The lowest BCUT2D eigenvalue weighted by Gasteiger charge is -2.19. The third kappa shape index (κ3) is 3.05. The molecule has 0 aromatic heterocycles. The van der Waals surface area contributed by atoms with Gasteiger partial charge in [-0.2, -0.15) is 0 Å². The number of carbonyl (C=O) groups is 1. The number of rotatable bonds is 3. The van der Waals surface area contributed by atoms with Gasteiger partial charge in [0.05, 0.1) is 0 Å². The first kappa shape index (κ1) is 12.7. The van der Waals surface area contributed by atoms with Gasteiger partial charge in [0, 0.05) is 19.2 Å². The number of hydrogen-bond acceptors (Lipinski definition) is 1. The molecule has 1 aromatic rings. The van der Waals surface area contributed by atoms with Crippen LogP contribution in [0.3, 0.4) is 0 Å². The Morgan fingerprint density at radius 1 is 1.44 bits per heavy atom. The minimum absolute atomic E-state index is 0.132. The second kappa shape index (κ2) is 5.10. The highest BCUT2D eigenvalue weighted by Gasteiger charge is 2.13. The molecule has 0 aliphatic heterocycles. The van der Waals surface area contributed by atoms with Crippen LogP contribution in [0.5, 0.6) is 0 Å². The van der Waals surface area contributed by atoms with Gasteiger partial charge in [-0.1, -0.05) is 19.9 Å². The second-order valence-corrected chi connectivity index (χ2v) is 4.54. The normalized spacial score (nSPS) is 10.6. The summed E-state index contributed by atoms with van der Waals surface area (Å²) in [5, 5.41) is 0. The molecule has 1 amide bonds. The third-order valence-electron chi connectivity index (χ3n) is 2.40. The zero-order chi connectivity index (χ0) is 12.3. The van der Waals surface area contributed by atoms with E-state index in [9.17, 15) is 9.18 Å². The number of carbonyl (C=O) groups excluding carboxylic acids is 1. The highest BCUT2D eigenvalue weighted by Crippen LogP contribution is 2.11. The molecule has 2 nitrogen and oxygen atoms in total. The van der Waals surface area contributed by atoms with E-state index >= 15 is 0 Å². The molecule has 0 spiro atoms. The molecule has 0 aliphatic rings. The highest BCUT2D eigenvalue weighted by atomic mass is 19.1. The average molecular weight is 223 g/mol. The second-order valence-electron chi connectivity index (χ2n) is 4.54. The van der Waals surface area contributed by atoms with Crippen LogP contribution in [0.4, 0.5) is 4.39 Å². The van der Waals surface area contributed by atoms with Crippen molar-refractivity contribution < 1.29 is 9.18 Å². The number of hydrogen-bond donors (Lipinski definition) is 0. The molecule has 1 rings (SSSR count). The highest BCUT2D eigenvalue weighted by molar-refractivity contribution is 5.94. The molecule has 0 radical (unpaired) electrons. The molecule has 0 heterocycles. The molecule has 0 saturated carbocycles. The quantitative estimate of drug-likeness (QED) is 0.771. The van der Waals surface area contributed by atoms with Crippen LogP contribution < -0.4 is 0 Å². The minimum Gasteiger partial charge on any atom is -0.341 e. The van der Waals surface area contributed by atoms with E-state index in [0.717, 1.165) is 0 Å². The maximum atomic E-state index is 13.3. The average Bonchev–Trinajstić information content (AvgIpc) is 2.20. The van der Waals surface area contributed by atoms with Crippen LogP contribution in [0, 0.1) is 18.7 Å². The SMILES string of the molecule is Cc1ccc(C(=O)N(C)CC(C)C)cc1F. The summed E-state index contributed by atoms with van der Waals surface area (Å²) in [6, 6.07) is 4.60. The smallest absolute Gasteiger partial charge is 0.253 e. The number of amides is 1. The van der Waals surface area contributed by atoms with Crippen molar-refractivity contribution in [3.05, 3.63) is 35.1 Å². The number of halogens is 1. The van der Waals surface area contributed by atoms with Gasteiger partial charge in [0.2, 0.25) is 0 Å². The Bertz CT molecular complexity index is 388. The van der Waals surface area contributed by atoms with Crippen LogP contribution in [-0.4, -0.2) is 24.4 Å². The fourth-order valence-electron chi connectivity index (χ4n) is 1.58. The first-order valence-electron chi connectivity index (χ1n) is 5.43. The van der Waals surface area contributed by atoms with Gasteiger partial charge in [-0.25, -0.2) is 4.39 Å². The van der Waals surface area contributed by atoms with Crippen LogP contribution in [0.2, 0.25) is 0 Å². The molecule has 0 unspecified atom stereocenters. The van der Waals surface area contributed by atoms with Crippen molar-refractivity contribution in [3.63, 3.8) is 0 Å². The molecule has 0 bridgehead atoms. The third-order valence-corrected chi connectivity index (χ3v) is 2.40. The lowest BCUT2D eigenvalue weighted by molar-refractivity contribution is 0.0778. The van der Waals surface area contributed by atoms with E-state index in [4.69, 9.17) is 0 Å². The lowest BCUT2D eigenvalue weighted by atomic mass is 10.1. The van der Waals surface area contributed by atoms with E-state index in [-0.39, 0.29) is 11.7 Å². The zero-order valence-electron chi connectivity index (χ0n) is 10.2. The minimum atomic E-state index is -0.330. The maximum Gasteiger partial charge on any atom is 0.253 e. The van der Waals surface area contributed by atoms with E-state index in [1.807, 2.05) is 13.8 Å². The summed E-state index contributed by atoms with van der Waals surface area (Å²) < 4.78 is 13.3. The molecule has 16 heavy (non-hydrogen) atoms. The summed E-state index contributed by atoms with van der Waals surface area (Å²) in [6.45, 7) is 6.44. The molecule has 0 aliphatic carbocycles. The summed E-state index contributed by atoms with van der Waals surface area (Å²) in [6.07, 6.45) is 0. The Hall–Kier alpha value is -1.38. The Morgan fingerprint density at radius 2 is 2.06 bits per heavy atom. The molecule has 1 aromatic carbocycles. The van der Waals surface area contributed by atoms with Crippen molar-refractivity contribution in [2.45, 2.75) is 20.8 Å². The van der Waals surface area contributed by atoms with E-state index in [0.29, 0.717) is 23.6 Å². The fourth-order valence-corrected chi connectivity index (χ4v) is 1.58. The van der Waals surface area contributed by atoms with Crippen molar-refractivity contribution >= 4 is 5.91 Å². The van der Waals surface area contributed by atoms with Gasteiger partial charge >= 0.3 is 0 Å². The predicted octanol–water partition coefficient (Wildman–Crippen LogP) is 2.86. The van der Waals surface area contributed by atoms with Crippen molar-refractivity contribution in [1.29, 1.82) is 0 Å². The summed E-state index contributed by atoms with van der Waals surface area (Å²) in [7, 11) is 1.74. The molecular formula is C13H18FNO. The summed E-state index contributed by atoms with van der Waals surface area (Å²) in [4.78, 5) is 13.5. The Balaban J connectivity index is 2.84. The van der Waals surface area contributed by atoms with Crippen molar-refractivity contribution in [3.8, 4) is 0 Å². The largest absolute Gasteiger partial charge is 0.341 e. The zero-order valence-corrected chi connectivity index (χ0v) is 10.2. The van der Waals surface area contributed by atoms with Crippen LogP contribution in [0.15, 0.2) is 18.2 Å². The lowest BCUT2D eigenvalue weighted by Crippen LogP contribution is -2.30. The molecule has 3 heteroatoms. The molecule has 0 fully saturated rings. The van der Waals surface area contributed by atoms with Crippen LogP contribution in [-0.2, 0) is 0 Å². The summed E-state index contributed by atoms with van der Waals surface area (Å²) in [5.41, 5.74) is 0.967. The van der Waals surface area contributed by atoms with Gasteiger partial charge in [0.15, 0.2) is 0 Å². The molecule has 0 atom stereocenters. The van der Waals surface area contributed by atoms with Gasteiger partial charge in [-0.05, 0) is 30.5 Å². The van der Waals surface area contributed by atoms with Gasteiger partial charge in [-0.3, -0.25) is 4.79 Å². The molecule has 0 N–H and O–H groups in total.